The largest absolute Gasteiger partial charge is 0.369 e. The number of nitrogens with zero attached hydrogens (tertiary/aromatic N) is 4. The Kier molecular flexibility index (Phi) is 7.28. The number of aliphatic imine (C=N–C) groups is 1. The zero-order valence-electron chi connectivity index (χ0n) is 16.1. The molecule has 0 atom stereocenters. The van der Waals surface area contributed by atoms with Crippen LogP contribution >= 0.6 is 11.3 Å². The van der Waals surface area contributed by atoms with Crippen LogP contribution in [0, 0.1) is 0 Å². The number of rotatable bonds is 7. The van der Waals surface area contributed by atoms with E-state index in [1.807, 2.05) is 0 Å². The molecule has 0 bridgehead atoms. The summed E-state index contributed by atoms with van der Waals surface area (Å²) in [6, 6.07) is 0.376. The number of anilines is 1. The van der Waals surface area contributed by atoms with Crippen LogP contribution in [-0.2, 0) is 11.2 Å². The van der Waals surface area contributed by atoms with Crippen LogP contribution in [-0.4, -0.2) is 74.1 Å². The van der Waals surface area contributed by atoms with Gasteiger partial charge in [0.2, 0.25) is 5.91 Å². The Balaban J connectivity index is 1.36. The molecule has 2 fully saturated rings. The lowest BCUT2D eigenvalue weighted by atomic mass is 10.1. The Morgan fingerprint density at radius 1 is 1.33 bits per heavy atom. The number of nitrogens with two attached hydrogens (primary N) is 1. The van der Waals surface area contributed by atoms with E-state index in [1.165, 1.54) is 12.8 Å². The van der Waals surface area contributed by atoms with E-state index in [2.05, 4.69) is 30.8 Å². The average Bonchev–Trinajstić information content (AvgIpc) is 3.33. The highest BCUT2D eigenvalue weighted by Crippen LogP contribution is 2.24. The molecule has 2 saturated heterocycles. The van der Waals surface area contributed by atoms with Crippen LogP contribution in [0.5, 0.6) is 0 Å². The van der Waals surface area contributed by atoms with Crippen LogP contribution in [0.2, 0.25) is 0 Å². The fraction of sp³-hybridized carbons (Fsp3) is 0.722. The molecule has 0 spiro atoms. The first kappa shape index (κ1) is 19.9. The number of carbonyl (C=O) groups is 1. The summed E-state index contributed by atoms with van der Waals surface area (Å²) < 4.78 is 0. The van der Waals surface area contributed by atoms with Crippen LogP contribution in [0.25, 0.3) is 0 Å². The summed E-state index contributed by atoms with van der Waals surface area (Å²) in [7, 11) is 1.80. The van der Waals surface area contributed by atoms with Gasteiger partial charge in [-0.15, -0.1) is 11.3 Å². The van der Waals surface area contributed by atoms with E-state index < -0.39 is 0 Å². The van der Waals surface area contributed by atoms with Crippen molar-refractivity contribution in [2.24, 2.45) is 10.7 Å². The minimum atomic E-state index is -0.256. The number of thiazole rings is 1. The quantitative estimate of drug-likeness (QED) is 0.458. The van der Waals surface area contributed by atoms with Gasteiger partial charge in [-0.05, 0) is 25.7 Å². The van der Waals surface area contributed by atoms with Crippen LogP contribution < -0.4 is 21.3 Å². The number of primary amides is 1. The maximum Gasteiger partial charge on any atom is 0.231 e. The monoisotopic (exact) mass is 393 g/mol. The number of hydrogen-bond acceptors (Lipinski definition) is 6. The van der Waals surface area contributed by atoms with Gasteiger partial charge in [0.15, 0.2) is 11.1 Å². The number of amides is 1. The van der Waals surface area contributed by atoms with Gasteiger partial charge >= 0.3 is 0 Å². The Morgan fingerprint density at radius 3 is 2.74 bits per heavy atom. The molecule has 0 unspecified atom stereocenters. The van der Waals surface area contributed by atoms with Gasteiger partial charge in [0.25, 0.3) is 0 Å². The highest BCUT2D eigenvalue weighted by molar-refractivity contribution is 7.13. The molecule has 9 heteroatoms. The lowest BCUT2D eigenvalue weighted by Gasteiger charge is -2.32. The second kappa shape index (κ2) is 9.89. The first-order valence-electron chi connectivity index (χ1n) is 9.81. The molecule has 1 aromatic heterocycles. The van der Waals surface area contributed by atoms with Gasteiger partial charge in [0, 0.05) is 57.6 Å². The SMILES string of the molecule is CN=C(NCCc1csc(N2CCCC2)n1)NC1CCN(CC(N)=O)CC1. The third kappa shape index (κ3) is 6.07. The third-order valence-electron chi connectivity index (χ3n) is 5.12. The molecule has 0 radical (unpaired) electrons. The average molecular weight is 394 g/mol. The fourth-order valence-electron chi connectivity index (χ4n) is 3.62. The molecule has 27 heavy (non-hydrogen) atoms. The van der Waals surface area contributed by atoms with E-state index in [4.69, 9.17) is 10.7 Å². The number of guanidine groups is 1. The highest BCUT2D eigenvalue weighted by atomic mass is 32.1. The van der Waals surface area contributed by atoms with E-state index in [0.717, 1.165) is 68.8 Å². The molecule has 1 amide bonds. The summed E-state index contributed by atoms with van der Waals surface area (Å²) in [5, 5.41) is 10.2. The second-order valence-corrected chi connectivity index (χ2v) is 8.06. The molecule has 0 aliphatic carbocycles. The van der Waals surface area contributed by atoms with Crippen molar-refractivity contribution < 1.29 is 4.79 Å². The van der Waals surface area contributed by atoms with Crippen molar-refractivity contribution in [2.45, 2.75) is 38.1 Å². The van der Waals surface area contributed by atoms with Crippen molar-refractivity contribution in [3.63, 3.8) is 0 Å². The first-order chi connectivity index (χ1) is 13.1. The molecule has 2 aliphatic rings. The molecule has 150 valence electrons. The molecule has 4 N–H and O–H groups in total. The predicted molar refractivity (Wildman–Crippen MR) is 110 cm³/mol. The van der Waals surface area contributed by atoms with Crippen molar-refractivity contribution >= 4 is 28.3 Å². The van der Waals surface area contributed by atoms with Gasteiger partial charge in [0.05, 0.1) is 12.2 Å². The number of hydrogen-bond donors (Lipinski definition) is 3. The van der Waals surface area contributed by atoms with Crippen molar-refractivity contribution in [1.82, 2.24) is 20.5 Å². The standard InChI is InChI=1S/C18H31N7OS/c1-20-17(22-14-5-10-24(11-6-14)12-16(19)26)21-7-4-15-13-27-18(23-15)25-8-2-3-9-25/h13-14H,2-12H2,1H3,(H2,19,26)(H2,20,21,22). The van der Waals surface area contributed by atoms with Gasteiger partial charge in [-0.25, -0.2) is 4.98 Å². The molecular weight excluding hydrogens is 362 g/mol. The molecule has 0 saturated carbocycles. The Bertz CT molecular complexity index is 633. The maximum absolute atomic E-state index is 11.0. The third-order valence-corrected chi connectivity index (χ3v) is 6.07. The number of nitrogens with one attached hydrogen (secondary N) is 2. The van der Waals surface area contributed by atoms with Gasteiger partial charge in [0.1, 0.15) is 0 Å². The molecular formula is C18H31N7OS. The van der Waals surface area contributed by atoms with Crippen LogP contribution in [0.15, 0.2) is 10.4 Å². The minimum absolute atomic E-state index is 0.256. The summed E-state index contributed by atoms with van der Waals surface area (Å²) >= 11 is 1.75. The van der Waals surface area contributed by atoms with Crippen LogP contribution in [0.3, 0.4) is 0 Å². The number of likely N-dealkylation sites (tertiary alicyclic amines) is 1. The Morgan fingerprint density at radius 2 is 2.07 bits per heavy atom. The lowest BCUT2D eigenvalue weighted by Crippen LogP contribution is -2.50. The van der Waals surface area contributed by atoms with E-state index >= 15 is 0 Å². The van der Waals surface area contributed by atoms with E-state index in [0.29, 0.717) is 12.6 Å². The zero-order chi connectivity index (χ0) is 19.1. The zero-order valence-corrected chi connectivity index (χ0v) is 16.9. The second-order valence-electron chi connectivity index (χ2n) is 7.23. The van der Waals surface area contributed by atoms with Gasteiger partial charge < -0.3 is 21.3 Å². The van der Waals surface area contributed by atoms with Gasteiger partial charge in [-0.2, -0.15) is 0 Å². The fourth-order valence-corrected chi connectivity index (χ4v) is 4.53. The summed E-state index contributed by atoms with van der Waals surface area (Å²) in [4.78, 5) is 24.6. The Labute approximate surface area is 165 Å². The Hall–Kier alpha value is -1.87. The van der Waals surface area contributed by atoms with Gasteiger partial charge in [-0.3, -0.25) is 14.7 Å². The topological polar surface area (TPSA) is 98.9 Å². The summed E-state index contributed by atoms with van der Waals surface area (Å²) in [5.41, 5.74) is 6.41. The normalized spacial score (nSPS) is 19.4. The van der Waals surface area contributed by atoms with Crippen LogP contribution in [0.1, 0.15) is 31.4 Å². The van der Waals surface area contributed by atoms with E-state index in [1.54, 1.807) is 18.4 Å². The molecule has 2 aliphatic heterocycles. The van der Waals surface area contributed by atoms with Crippen molar-refractivity contribution in [1.29, 1.82) is 0 Å². The predicted octanol–water partition coefficient (Wildman–Crippen LogP) is 0.401. The van der Waals surface area contributed by atoms with Crippen molar-refractivity contribution in [3.8, 4) is 0 Å². The highest BCUT2D eigenvalue weighted by Gasteiger charge is 2.21. The lowest BCUT2D eigenvalue weighted by molar-refractivity contribution is -0.119. The molecule has 0 aromatic carbocycles. The molecule has 3 rings (SSSR count). The summed E-state index contributed by atoms with van der Waals surface area (Å²) in [6.45, 7) is 5.21. The van der Waals surface area contributed by atoms with Crippen molar-refractivity contribution in [2.75, 3.05) is 51.2 Å². The maximum atomic E-state index is 11.0. The van der Waals surface area contributed by atoms with Crippen LogP contribution in [0.4, 0.5) is 5.13 Å². The summed E-state index contributed by atoms with van der Waals surface area (Å²) in [6.07, 6.45) is 5.42. The smallest absolute Gasteiger partial charge is 0.231 e. The van der Waals surface area contributed by atoms with Crippen molar-refractivity contribution in [3.05, 3.63) is 11.1 Å². The number of carbonyl (C=O) groups excluding carboxylic acids is 1. The molecule has 3 heterocycles. The number of piperidine rings is 1. The van der Waals surface area contributed by atoms with Gasteiger partial charge in [-0.1, -0.05) is 0 Å². The van der Waals surface area contributed by atoms with E-state index in [9.17, 15) is 4.79 Å². The molecule has 8 nitrogen and oxygen atoms in total. The number of aromatic nitrogens is 1. The first-order valence-corrected chi connectivity index (χ1v) is 10.7. The minimum Gasteiger partial charge on any atom is -0.369 e. The molecule has 1 aromatic rings. The van der Waals surface area contributed by atoms with E-state index in [-0.39, 0.29) is 5.91 Å². The summed E-state index contributed by atoms with van der Waals surface area (Å²) in [5.74, 6) is 0.576.